The monoisotopic (exact) mass is 312 g/mol. The molecule has 2 aromatic carbocycles. The van der Waals surface area contributed by atoms with Crippen LogP contribution in [0.1, 0.15) is 0 Å². The molecular formula is C17H12O6. The number of hydrogen-bond donors (Lipinski definition) is 2. The third kappa shape index (κ3) is 2.40. The van der Waals surface area contributed by atoms with Gasteiger partial charge in [0.25, 0.3) is 0 Å². The number of ether oxygens (including phenoxy) is 1. The van der Waals surface area contributed by atoms with Crippen LogP contribution < -0.4 is 15.6 Å². The van der Waals surface area contributed by atoms with E-state index in [1.165, 1.54) is 49.6 Å². The van der Waals surface area contributed by atoms with Gasteiger partial charge < -0.3 is 19.4 Å². The van der Waals surface area contributed by atoms with Crippen LogP contribution in [-0.2, 0) is 0 Å². The molecule has 0 radical (unpaired) electrons. The van der Waals surface area contributed by atoms with E-state index in [9.17, 15) is 19.8 Å². The Morgan fingerprint density at radius 1 is 1.04 bits per heavy atom. The molecule has 0 aliphatic heterocycles. The third-order valence-corrected chi connectivity index (χ3v) is 3.41. The molecule has 116 valence electrons. The van der Waals surface area contributed by atoms with Crippen molar-refractivity contribution in [2.24, 2.45) is 0 Å². The Labute approximate surface area is 129 Å². The van der Waals surface area contributed by atoms with Gasteiger partial charge in [-0.1, -0.05) is 12.1 Å². The van der Waals surface area contributed by atoms with Crippen molar-refractivity contribution in [1.29, 1.82) is 0 Å². The molecule has 2 N–H and O–H groups in total. The summed E-state index contributed by atoms with van der Waals surface area (Å²) in [6.45, 7) is 0. The van der Waals surface area contributed by atoms with Gasteiger partial charge in [-0.3, -0.25) is 9.59 Å². The average molecular weight is 312 g/mol. The number of rotatable bonds is 2. The fraction of sp³-hybridized carbons (Fsp3) is 0.0588. The van der Waals surface area contributed by atoms with Crippen LogP contribution in [0.15, 0.2) is 56.5 Å². The highest BCUT2D eigenvalue weighted by Gasteiger charge is 2.17. The molecule has 0 aliphatic rings. The summed E-state index contributed by atoms with van der Waals surface area (Å²) in [5.41, 5.74) is -1.04. The molecule has 0 saturated heterocycles. The van der Waals surface area contributed by atoms with E-state index in [1.54, 1.807) is 0 Å². The van der Waals surface area contributed by atoms with E-state index in [0.29, 0.717) is 5.56 Å². The quantitative estimate of drug-likeness (QED) is 0.753. The number of hydrogen-bond acceptors (Lipinski definition) is 6. The van der Waals surface area contributed by atoms with Gasteiger partial charge in [0.1, 0.15) is 0 Å². The standard InChI is InChI=1S/C17H12O6/c1-22-13-8-9(6-7-11(13)18)16-15(21)14(20)10-4-2-3-5-12(19)17(10)23-16/h2-8,18,21H,1H3. The van der Waals surface area contributed by atoms with E-state index < -0.39 is 16.6 Å². The minimum absolute atomic E-state index is 0.00741. The molecule has 0 saturated carbocycles. The van der Waals surface area contributed by atoms with Gasteiger partial charge in [0.15, 0.2) is 22.8 Å². The average Bonchev–Trinajstić information content (AvgIpc) is 2.73. The molecule has 3 aromatic rings. The first-order valence-corrected chi connectivity index (χ1v) is 6.69. The molecule has 0 bridgehead atoms. The van der Waals surface area contributed by atoms with Crippen molar-refractivity contribution in [2.75, 3.05) is 7.11 Å². The zero-order valence-corrected chi connectivity index (χ0v) is 12.1. The van der Waals surface area contributed by atoms with Crippen LogP contribution in [0, 0.1) is 0 Å². The lowest BCUT2D eigenvalue weighted by Crippen LogP contribution is -2.06. The first-order valence-electron chi connectivity index (χ1n) is 6.69. The maximum atomic E-state index is 12.3. The van der Waals surface area contributed by atoms with Crippen LogP contribution in [0.3, 0.4) is 0 Å². The fourth-order valence-corrected chi connectivity index (χ4v) is 2.26. The molecule has 0 aliphatic carbocycles. The molecule has 6 heteroatoms. The zero-order chi connectivity index (χ0) is 16.6. The highest BCUT2D eigenvalue weighted by Crippen LogP contribution is 2.35. The van der Waals surface area contributed by atoms with Crippen molar-refractivity contribution < 1.29 is 19.4 Å². The van der Waals surface area contributed by atoms with Crippen LogP contribution in [0.25, 0.3) is 22.3 Å². The zero-order valence-electron chi connectivity index (χ0n) is 12.1. The Morgan fingerprint density at radius 2 is 1.78 bits per heavy atom. The Morgan fingerprint density at radius 3 is 2.52 bits per heavy atom. The van der Waals surface area contributed by atoms with Gasteiger partial charge in [0.05, 0.1) is 12.5 Å². The van der Waals surface area contributed by atoms with E-state index in [4.69, 9.17) is 9.15 Å². The normalized spacial score (nSPS) is 10.7. The van der Waals surface area contributed by atoms with Crippen molar-refractivity contribution in [3.05, 3.63) is 62.9 Å². The molecule has 0 fully saturated rings. The van der Waals surface area contributed by atoms with Gasteiger partial charge in [-0.25, -0.2) is 0 Å². The Bertz CT molecular complexity index is 1020. The number of benzene rings is 1. The first kappa shape index (κ1) is 14.6. The summed E-state index contributed by atoms with van der Waals surface area (Å²) < 4.78 is 10.5. The van der Waals surface area contributed by atoms with E-state index >= 15 is 0 Å². The number of fused-ring (bicyclic) bond motifs is 1. The molecule has 0 unspecified atom stereocenters. The smallest absolute Gasteiger partial charge is 0.235 e. The van der Waals surface area contributed by atoms with Gasteiger partial charge >= 0.3 is 0 Å². The van der Waals surface area contributed by atoms with Crippen molar-refractivity contribution >= 4 is 11.0 Å². The van der Waals surface area contributed by atoms with E-state index in [-0.39, 0.29) is 28.2 Å². The Hall–Kier alpha value is -3.28. The summed E-state index contributed by atoms with van der Waals surface area (Å²) in [4.78, 5) is 24.3. The predicted octanol–water partition coefficient (Wildman–Crippen LogP) is 2.24. The second kappa shape index (κ2) is 5.49. The number of phenols is 1. The first-order chi connectivity index (χ1) is 11.0. The minimum atomic E-state index is -0.707. The van der Waals surface area contributed by atoms with Crippen LogP contribution in [0.5, 0.6) is 17.2 Å². The Balaban J connectivity index is 2.40. The summed E-state index contributed by atoms with van der Waals surface area (Å²) in [5.74, 6) is -0.736. The molecule has 0 amide bonds. The maximum Gasteiger partial charge on any atom is 0.235 e. The molecule has 1 heterocycles. The minimum Gasteiger partial charge on any atom is -0.504 e. The van der Waals surface area contributed by atoms with Crippen LogP contribution in [0.4, 0.5) is 0 Å². The molecule has 3 rings (SSSR count). The van der Waals surface area contributed by atoms with Gasteiger partial charge in [-0.15, -0.1) is 0 Å². The Kier molecular flexibility index (Phi) is 3.50. The van der Waals surface area contributed by atoms with Crippen molar-refractivity contribution in [3.8, 4) is 28.6 Å². The maximum absolute atomic E-state index is 12.3. The van der Waals surface area contributed by atoms with Gasteiger partial charge in [-0.2, -0.15) is 0 Å². The topological polar surface area (TPSA) is 97.0 Å². The molecule has 23 heavy (non-hydrogen) atoms. The summed E-state index contributed by atoms with van der Waals surface area (Å²) in [7, 11) is 1.37. The summed E-state index contributed by atoms with van der Waals surface area (Å²) in [6, 6.07) is 9.84. The van der Waals surface area contributed by atoms with Crippen LogP contribution in [0.2, 0.25) is 0 Å². The molecule has 6 nitrogen and oxygen atoms in total. The summed E-state index contributed by atoms with van der Waals surface area (Å²) in [5, 5.41) is 19.8. The second-order valence-electron chi connectivity index (χ2n) is 4.82. The van der Waals surface area contributed by atoms with Crippen LogP contribution >= 0.6 is 0 Å². The highest BCUT2D eigenvalue weighted by molar-refractivity contribution is 5.81. The van der Waals surface area contributed by atoms with E-state index in [0.717, 1.165) is 0 Å². The predicted molar refractivity (Wildman–Crippen MR) is 84.1 cm³/mol. The van der Waals surface area contributed by atoms with Crippen molar-refractivity contribution in [2.45, 2.75) is 0 Å². The molecule has 1 aromatic heterocycles. The van der Waals surface area contributed by atoms with Crippen molar-refractivity contribution in [3.63, 3.8) is 0 Å². The van der Waals surface area contributed by atoms with Crippen molar-refractivity contribution in [1.82, 2.24) is 0 Å². The number of aromatic hydroxyl groups is 2. The van der Waals surface area contributed by atoms with Gasteiger partial charge in [0.2, 0.25) is 16.6 Å². The third-order valence-electron chi connectivity index (χ3n) is 3.41. The lowest BCUT2D eigenvalue weighted by Gasteiger charge is -2.07. The molecule has 0 atom stereocenters. The largest absolute Gasteiger partial charge is 0.504 e. The number of methoxy groups -OCH3 is 1. The second-order valence-corrected chi connectivity index (χ2v) is 4.82. The SMILES string of the molecule is COc1cc(-c2oc3c(=O)ccccc3c(=O)c2O)ccc1O. The van der Waals surface area contributed by atoms with Crippen LogP contribution in [-0.4, -0.2) is 17.3 Å². The highest BCUT2D eigenvalue weighted by atomic mass is 16.5. The van der Waals surface area contributed by atoms with Gasteiger partial charge in [-0.05, 0) is 30.3 Å². The lowest BCUT2D eigenvalue weighted by atomic mass is 10.1. The summed E-state index contributed by atoms with van der Waals surface area (Å²) in [6.07, 6.45) is 0. The van der Waals surface area contributed by atoms with E-state index in [1.807, 2.05) is 0 Å². The molecule has 0 spiro atoms. The van der Waals surface area contributed by atoms with E-state index in [2.05, 4.69) is 0 Å². The fourth-order valence-electron chi connectivity index (χ4n) is 2.26. The van der Waals surface area contributed by atoms with Gasteiger partial charge in [0, 0.05) is 5.56 Å². The number of phenolic OH excluding ortho intramolecular Hbond substituents is 1. The molecular weight excluding hydrogens is 300 g/mol. The lowest BCUT2D eigenvalue weighted by molar-refractivity contribution is 0.373. The summed E-state index contributed by atoms with van der Waals surface area (Å²) >= 11 is 0.